The van der Waals surface area contributed by atoms with Gasteiger partial charge in [-0.2, -0.15) is 0 Å². The third kappa shape index (κ3) is 3.35. The number of carbonyl (C=O) groups excluding carboxylic acids is 2. The van der Waals surface area contributed by atoms with Crippen LogP contribution in [-0.4, -0.2) is 25.5 Å². The molecule has 4 rings (SSSR count). The first-order chi connectivity index (χ1) is 13.8. The smallest absolute Gasteiger partial charge is 0.302 e. The highest BCUT2D eigenvalue weighted by atomic mass is 16.5. The van der Waals surface area contributed by atoms with Crippen molar-refractivity contribution < 1.29 is 19.1 Å². The Balaban J connectivity index is 1.54. The molecule has 0 amide bonds. The highest BCUT2D eigenvalue weighted by Gasteiger charge is 2.60. The van der Waals surface area contributed by atoms with Crippen molar-refractivity contribution in [1.29, 1.82) is 0 Å². The van der Waals surface area contributed by atoms with Crippen molar-refractivity contribution in [2.75, 3.05) is 7.11 Å². The molecule has 29 heavy (non-hydrogen) atoms. The maximum absolute atomic E-state index is 11.4. The minimum Gasteiger partial charge on any atom is -0.501 e. The van der Waals surface area contributed by atoms with Crippen LogP contribution in [0, 0.1) is 40.4 Å². The Morgan fingerprint density at radius 2 is 1.69 bits per heavy atom. The summed E-state index contributed by atoms with van der Waals surface area (Å²) in [6, 6.07) is 0. The van der Waals surface area contributed by atoms with E-state index < -0.39 is 0 Å². The topological polar surface area (TPSA) is 52.6 Å². The van der Waals surface area contributed by atoms with Crippen molar-refractivity contribution in [3.8, 4) is 0 Å². The third-order valence-electron chi connectivity index (χ3n) is 9.76. The lowest BCUT2D eigenvalue weighted by atomic mass is 9.44. The first-order valence-corrected chi connectivity index (χ1v) is 11.7. The number of hydrogen-bond acceptors (Lipinski definition) is 4. The van der Waals surface area contributed by atoms with Crippen LogP contribution in [0.5, 0.6) is 0 Å². The van der Waals surface area contributed by atoms with Gasteiger partial charge >= 0.3 is 5.97 Å². The highest BCUT2D eigenvalue weighted by Crippen LogP contribution is 2.68. The molecule has 0 N–H and O–H groups in total. The number of ether oxygens (including phenoxy) is 2. The summed E-state index contributed by atoms with van der Waals surface area (Å²) in [6.45, 7) is 6.55. The quantitative estimate of drug-likeness (QED) is 0.277. The fourth-order valence-corrected chi connectivity index (χ4v) is 8.42. The summed E-state index contributed by atoms with van der Waals surface area (Å²) >= 11 is 0. The van der Waals surface area contributed by atoms with E-state index in [2.05, 4.69) is 13.8 Å². The van der Waals surface area contributed by atoms with Gasteiger partial charge < -0.3 is 9.47 Å². The molecule has 4 nitrogen and oxygen atoms in total. The van der Waals surface area contributed by atoms with E-state index >= 15 is 0 Å². The number of aldehydes is 1. The second kappa shape index (κ2) is 7.74. The zero-order chi connectivity index (χ0) is 20.8. The fraction of sp³-hybridized carbons (Fsp3) is 0.840. The minimum absolute atomic E-state index is 0.129. The van der Waals surface area contributed by atoms with E-state index in [0.29, 0.717) is 17.3 Å². The van der Waals surface area contributed by atoms with Crippen molar-refractivity contribution in [1.82, 2.24) is 0 Å². The van der Waals surface area contributed by atoms with Crippen molar-refractivity contribution >= 4 is 12.3 Å². The molecule has 8 atom stereocenters. The van der Waals surface area contributed by atoms with Gasteiger partial charge in [0.15, 0.2) is 0 Å². The molecule has 4 aliphatic rings. The van der Waals surface area contributed by atoms with Gasteiger partial charge in [0.1, 0.15) is 18.1 Å². The van der Waals surface area contributed by atoms with E-state index in [1.807, 2.05) is 0 Å². The Morgan fingerprint density at radius 3 is 2.38 bits per heavy atom. The molecule has 4 aliphatic carbocycles. The number of rotatable bonds is 4. The van der Waals surface area contributed by atoms with Gasteiger partial charge in [0.2, 0.25) is 0 Å². The average Bonchev–Trinajstić information content (AvgIpc) is 3.03. The summed E-state index contributed by atoms with van der Waals surface area (Å²) < 4.78 is 11.3. The number of carbonyl (C=O) groups is 2. The van der Waals surface area contributed by atoms with Crippen LogP contribution in [0.3, 0.4) is 0 Å². The molecule has 4 fully saturated rings. The van der Waals surface area contributed by atoms with Crippen molar-refractivity contribution in [3.63, 3.8) is 0 Å². The maximum atomic E-state index is 11.4. The summed E-state index contributed by atoms with van der Waals surface area (Å²) in [5.41, 5.74) is 0.645. The molecule has 0 saturated heterocycles. The van der Waals surface area contributed by atoms with Gasteiger partial charge in [-0.3, -0.25) is 9.59 Å². The van der Waals surface area contributed by atoms with Crippen LogP contribution in [0.1, 0.15) is 78.6 Å². The molecule has 0 radical (unpaired) electrons. The first-order valence-electron chi connectivity index (χ1n) is 11.7. The zero-order valence-corrected chi connectivity index (χ0v) is 18.6. The van der Waals surface area contributed by atoms with Crippen molar-refractivity contribution in [3.05, 3.63) is 11.8 Å². The highest BCUT2D eigenvalue weighted by molar-refractivity contribution is 5.66. The van der Waals surface area contributed by atoms with Crippen LogP contribution in [0.15, 0.2) is 11.8 Å². The monoisotopic (exact) mass is 402 g/mol. The van der Waals surface area contributed by atoms with E-state index in [-0.39, 0.29) is 17.5 Å². The lowest BCUT2D eigenvalue weighted by Gasteiger charge is -2.61. The summed E-state index contributed by atoms with van der Waals surface area (Å²) in [5.74, 6) is 4.15. The molecule has 0 aromatic rings. The standard InChI is InChI=1S/C25H38O4/c1-16(27)29-18-9-12-24(2)17(15-18)5-6-19-20-7-8-22(23(28-4)11-14-26)25(20,3)13-10-21(19)24/h11,14,17-22H,5-10,12-13,15H2,1-4H3/b23-11+/t17-,18-,19+,20+,21+,22-,24+,25+/m1/s1. The van der Waals surface area contributed by atoms with Gasteiger partial charge in [-0.15, -0.1) is 0 Å². The third-order valence-corrected chi connectivity index (χ3v) is 9.76. The summed E-state index contributed by atoms with van der Waals surface area (Å²) in [4.78, 5) is 22.6. The average molecular weight is 403 g/mol. The fourth-order valence-electron chi connectivity index (χ4n) is 8.42. The van der Waals surface area contributed by atoms with Gasteiger partial charge in [-0.25, -0.2) is 0 Å². The molecular weight excluding hydrogens is 364 g/mol. The SMILES string of the molecule is CO/C(=C/C=O)[C@H]1CC[C@H]2[C@@H]3CC[C@@H]4C[C@H](OC(C)=O)CC[C@]4(C)[C@H]3CC[C@]12C. The van der Waals surface area contributed by atoms with Crippen molar-refractivity contribution in [2.24, 2.45) is 40.4 Å². The van der Waals surface area contributed by atoms with Crippen LogP contribution in [0.25, 0.3) is 0 Å². The largest absolute Gasteiger partial charge is 0.501 e. The number of esters is 1. The van der Waals surface area contributed by atoms with Crippen LogP contribution in [0.4, 0.5) is 0 Å². The predicted octanol–water partition coefficient (Wildman–Crippen LogP) is 5.31. The first kappa shape index (κ1) is 20.9. The predicted molar refractivity (Wildman–Crippen MR) is 112 cm³/mol. The molecule has 0 aliphatic heterocycles. The molecule has 0 unspecified atom stereocenters. The van der Waals surface area contributed by atoms with E-state index in [1.54, 1.807) is 13.2 Å². The number of hydrogen-bond donors (Lipinski definition) is 0. The Morgan fingerprint density at radius 1 is 0.966 bits per heavy atom. The maximum Gasteiger partial charge on any atom is 0.302 e. The lowest BCUT2D eigenvalue weighted by Crippen LogP contribution is -2.54. The zero-order valence-electron chi connectivity index (χ0n) is 18.6. The van der Waals surface area contributed by atoms with Gasteiger partial charge in [-0.05, 0) is 92.3 Å². The van der Waals surface area contributed by atoms with E-state index in [4.69, 9.17) is 9.47 Å². The van der Waals surface area contributed by atoms with Gasteiger partial charge in [-0.1, -0.05) is 13.8 Å². The Labute approximate surface area is 175 Å². The van der Waals surface area contributed by atoms with Gasteiger partial charge in [0.25, 0.3) is 0 Å². The number of allylic oxidation sites excluding steroid dienone is 2. The minimum atomic E-state index is -0.130. The van der Waals surface area contributed by atoms with E-state index in [0.717, 1.165) is 49.1 Å². The summed E-state index contributed by atoms with van der Waals surface area (Å²) in [5, 5.41) is 0. The lowest BCUT2D eigenvalue weighted by molar-refractivity contribution is -0.160. The molecule has 4 heteroatoms. The molecular formula is C25H38O4. The van der Waals surface area contributed by atoms with Gasteiger partial charge in [0.05, 0.1) is 7.11 Å². The molecule has 0 bridgehead atoms. The normalized spacial score (nSPS) is 46.8. The van der Waals surface area contributed by atoms with Crippen LogP contribution in [-0.2, 0) is 19.1 Å². The second-order valence-corrected chi connectivity index (χ2v) is 10.7. The molecule has 162 valence electrons. The molecule has 0 heterocycles. The molecule has 0 spiro atoms. The Hall–Kier alpha value is -1.32. The van der Waals surface area contributed by atoms with Gasteiger partial charge in [0, 0.05) is 18.9 Å². The van der Waals surface area contributed by atoms with Crippen LogP contribution in [0.2, 0.25) is 0 Å². The number of methoxy groups -OCH3 is 1. The number of fused-ring (bicyclic) bond motifs is 5. The molecule has 4 saturated carbocycles. The Bertz CT molecular complexity index is 684. The molecule has 0 aromatic heterocycles. The second-order valence-electron chi connectivity index (χ2n) is 10.7. The van der Waals surface area contributed by atoms with Crippen LogP contribution >= 0.6 is 0 Å². The van der Waals surface area contributed by atoms with Crippen molar-refractivity contribution in [2.45, 2.75) is 84.7 Å². The summed E-state index contributed by atoms with van der Waals surface area (Å²) in [7, 11) is 1.71. The van der Waals surface area contributed by atoms with E-state index in [1.165, 1.54) is 45.4 Å². The molecule has 0 aromatic carbocycles. The Kier molecular flexibility index (Phi) is 5.59. The summed E-state index contributed by atoms with van der Waals surface area (Å²) in [6.07, 6.45) is 13.5. The van der Waals surface area contributed by atoms with Crippen LogP contribution < -0.4 is 0 Å². The van der Waals surface area contributed by atoms with E-state index in [9.17, 15) is 9.59 Å².